The number of aromatic amines is 2. The van der Waals surface area contributed by atoms with Crippen molar-refractivity contribution in [1.82, 2.24) is 35.1 Å². The number of carbonyl (C=O) groups is 1. The topological polar surface area (TPSA) is 125 Å². The number of imidazole rings is 1. The molecule has 6 rings (SSSR count). The average molecular weight is 493 g/mol. The van der Waals surface area contributed by atoms with Gasteiger partial charge in [-0.15, -0.1) is 0 Å². The Morgan fingerprint density at radius 1 is 0.973 bits per heavy atom. The molecule has 9 nitrogen and oxygen atoms in total. The quantitative estimate of drug-likeness (QED) is 0.298. The lowest BCUT2D eigenvalue weighted by Crippen LogP contribution is -2.17. The second-order valence-corrected chi connectivity index (χ2v) is 8.92. The molecular formula is C27H21FN8O. The molecule has 0 atom stereocenters. The molecule has 37 heavy (non-hydrogen) atoms. The van der Waals surface area contributed by atoms with E-state index in [4.69, 9.17) is 4.98 Å². The summed E-state index contributed by atoms with van der Waals surface area (Å²) < 4.78 is 16.0. The smallest absolute Gasteiger partial charge is 0.226 e. The Kier molecular flexibility index (Phi) is 5.41. The lowest BCUT2D eigenvalue weighted by atomic mass is 10.1. The summed E-state index contributed by atoms with van der Waals surface area (Å²) in [5, 5.41) is 10.2. The zero-order valence-corrected chi connectivity index (χ0v) is 20.0. The monoisotopic (exact) mass is 492 g/mol. The Hall–Kier alpha value is -4.99. The number of halogens is 1. The van der Waals surface area contributed by atoms with Gasteiger partial charge in [-0.2, -0.15) is 5.10 Å². The number of hydrogen-bond acceptors (Lipinski definition) is 6. The van der Waals surface area contributed by atoms with Crippen LogP contribution in [0.3, 0.4) is 0 Å². The standard InChI is InChI=1S/C27H21FN8O/c1-14(2)27(37)32-17-9-16(11-30-12-17)23-22(28)21-20(13-31-23)35-36-25(21)26-33-19-7-3-6-18(24(19)34-26)15-5-4-8-29-10-15/h3-14H,1-2H3,(H,32,37)(H,33,34)(H,35,36). The van der Waals surface area contributed by atoms with Gasteiger partial charge in [0.1, 0.15) is 11.4 Å². The summed E-state index contributed by atoms with van der Waals surface area (Å²) in [4.78, 5) is 32.8. The van der Waals surface area contributed by atoms with E-state index in [1.807, 2.05) is 30.3 Å². The molecule has 3 N–H and O–H groups in total. The molecule has 0 unspecified atom stereocenters. The molecule has 1 amide bonds. The fraction of sp³-hybridized carbons (Fsp3) is 0.111. The third kappa shape index (κ3) is 3.98. The van der Waals surface area contributed by atoms with Gasteiger partial charge in [-0.3, -0.25) is 24.8 Å². The van der Waals surface area contributed by atoms with Crippen LogP contribution in [0.1, 0.15) is 13.8 Å². The fourth-order valence-electron chi connectivity index (χ4n) is 4.17. The summed E-state index contributed by atoms with van der Waals surface area (Å²) >= 11 is 0. The predicted molar refractivity (Wildman–Crippen MR) is 139 cm³/mol. The molecule has 0 aliphatic heterocycles. The van der Waals surface area contributed by atoms with Crippen molar-refractivity contribution in [3.8, 4) is 33.9 Å². The molecule has 5 heterocycles. The lowest BCUT2D eigenvalue weighted by Gasteiger charge is -2.09. The third-order valence-electron chi connectivity index (χ3n) is 6.06. The van der Waals surface area contributed by atoms with Gasteiger partial charge >= 0.3 is 0 Å². The van der Waals surface area contributed by atoms with E-state index in [-0.39, 0.29) is 22.9 Å². The molecule has 6 aromatic rings. The van der Waals surface area contributed by atoms with E-state index in [1.165, 1.54) is 18.6 Å². The van der Waals surface area contributed by atoms with Crippen LogP contribution in [0.25, 0.3) is 55.8 Å². The summed E-state index contributed by atoms with van der Waals surface area (Å²) in [5.41, 5.74) is 5.10. The molecular weight excluding hydrogens is 471 g/mol. The molecule has 0 spiro atoms. The van der Waals surface area contributed by atoms with Gasteiger partial charge in [-0.05, 0) is 18.2 Å². The van der Waals surface area contributed by atoms with Crippen LogP contribution in [0.2, 0.25) is 0 Å². The minimum atomic E-state index is -0.566. The van der Waals surface area contributed by atoms with Crippen LogP contribution in [0, 0.1) is 11.7 Å². The molecule has 0 bridgehead atoms. The number of rotatable bonds is 5. The van der Waals surface area contributed by atoms with E-state index in [0.29, 0.717) is 28.3 Å². The minimum Gasteiger partial charge on any atom is -0.337 e. The van der Waals surface area contributed by atoms with Crippen molar-refractivity contribution in [1.29, 1.82) is 0 Å². The van der Waals surface area contributed by atoms with Crippen molar-refractivity contribution in [3.05, 3.63) is 73.2 Å². The van der Waals surface area contributed by atoms with Crippen LogP contribution in [0.15, 0.2) is 67.4 Å². The Morgan fingerprint density at radius 3 is 2.65 bits per heavy atom. The number of fused-ring (bicyclic) bond motifs is 2. The van der Waals surface area contributed by atoms with E-state index < -0.39 is 5.82 Å². The zero-order valence-electron chi connectivity index (χ0n) is 20.0. The van der Waals surface area contributed by atoms with Crippen LogP contribution in [-0.2, 0) is 4.79 Å². The zero-order chi connectivity index (χ0) is 25.5. The molecule has 5 aromatic heterocycles. The molecule has 0 aliphatic rings. The minimum absolute atomic E-state index is 0.0930. The largest absolute Gasteiger partial charge is 0.337 e. The molecule has 0 saturated heterocycles. The normalized spacial score (nSPS) is 11.5. The number of nitrogens with zero attached hydrogens (tertiary/aromatic N) is 5. The molecule has 182 valence electrons. The second kappa shape index (κ2) is 8.90. The van der Waals surface area contributed by atoms with E-state index in [9.17, 15) is 4.79 Å². The average Bonchev–Trinajstić information content (AvgIpc) is 3.54. The van der Waals surface area contributed by atoms with Crippen LogP contribution in [0.4, 0.5) is 10.1 Å². The highest BCUT2D eigenvalue weighted by Crippen LogP contribution is 2.34. The number of amides is 1. The maximum absolute atomic E-state index is 16.0. The number of anilines is 1. The lowest BCUT2D eigenvalue weighted by molar-refractivity contribution is -0.118. The molecule has 1 aromatic carbocycles. The summed E-state index contributed by atoms with van der Waals surface area (Å²) in [5.74, 6) is -0.505. The highest BCUT2D eigenvalue weighted by molar-refractivity contribution is 5.98. The van der Waals surface area contributed by atoms with Gasteiger partial charge in [-0.25, -0.2) is 9.37 Å². The SMILES string of the molecule is CC(C)C(=O)Nc1cncc(-c2ncc3[nH]nc(-c4nc5c(-c6cccnc6)cccc5[nH]4)c3c2F)c1. The van der Waals surface area contributed by atoms with E-state index in [1.54, 1.807) is 32.3 Å². The number of carbonyl (C=O) groups excluding carboxylic acids is 1. The number of hydrogen-bond donors (Lipinski definition) is 3. The van der Waals surface area contributed by atoms with Crippen LogP contribution < -0.4 is 5.32 Å². The summed E-state index contributed by atoms with van der Waals surface area (Å²) in [7, 11) is 0. The van der Waals surface area contributed by atoms with Crippen molar-refractivity contribution in [3.63, 3.8) is 0 Å². The highest BCUT2D eigenvalue weighted by atomic mass is 19.1. The van der Waals surface area contributed by atoms with E-state index in [0.717, 1.165) is 22.2 Å². The van der Waals surface area contributed by atoms with Crippen molar-refractivity contribution in [2.45, 2.75) is 13.8 Å². The van der Waals surface area contributed by atoms with E-state index >= 15 is 4.39 Å². The van der Waals surface area contributed by atoms with Crippen molar-refractivity contribution < 1.29 is 9.18 Å². The number of nitrogens with one attached hydrogen (secondary N) is 3. The fourth-order valence-corrected chi connectivity index (χ4v) is 4.17. The molecule has 0 radical (unpaired) electrons. The Balaban J connectivity index is 1.45. The predicted octanol–water partition coefficient (Wildman–Crippen LogP) is 5.36. The molecule has 10 heteroatoms. The summed E-state index contributed by atoms with van der Waals surface area (Å²) in [6, 6.07) is 11.3. The van der Waals surface area contributed by atoms with Crippen molar-refractivity contribution >= 4 is 33.5 Å². The van der Waals surface area contributed by atoms with Crippen LogP contribution in [-0.4, -0.2) is 41.0 Å². The highest BCUT2D eigenvalue weighted by Gasteiger charge is 2.21. The maximum atomic E-state index is 16.0. The van der Waals surface area contributed by atoms with Crippen molar-refractivity contribution in [2.24, 2.45) is 5.92 Å². The van der Waals surface area contributed by atoms with Gasteiger partial charge in [0.2, 0.25) is 5.91 Å². The van der Waals surface area contributed by atoms with Crippen molar-refractivity contribution in [2.75, 3.05) is 5.32 Å². The number of H-pyrrole nitrogens is 2. The first kappa shape index (κ1) is 22.5. The number of benzene rings is 1. The first-order valence-electron chi connectivity index (χ1n) is 11.7. The van der Waals surface area contributed by atoms with Gasteiger partial charge < -0.3 is 10.3 Å². The van der Waals surface area contributed by atoms with Crippen LogP contribution >= 0.6 is 0 Å². The first-order valence-corrected chi connectivity index (χ1v) is 11.7. The molecule has 0 saturated carbocycles. The van der Waals surface area contributed by atoms with Gasteiger partial charge in [0.15, 0.2) is 11.6 Å². The van der Waals surface area contributed by atoms with Crippen LogP contribution in [0.5, 0.6) is 0 Å². The third-order valence-corrected chi connectivity index (χ3v) is 6.06. The summed E-state index contributed by atoms with van der Waals surface area (Å²) in [6.45, 7) is 3.58. The second-order valence-electron chi connectivity index (χ2n) is 8.92. The number of para-hydroxylation sites is 1. The first-order chi connectivity index (χ1) is 18.0. The molecule has 0 fully saturated rings. The Morgan fingerprint density at radius 2 is 1.84 bits per heavy atom. The molecule has 0 aliphatic carbocycles. The number of pyridine rings is 3. The summed E-state index contributed by atoms with van der Waals surface area (Å²) in [6.07, 6.45) is 8.03. The number of aromatic nitrogens is 7. The van der Waals surface area contributed by atoms with Gasteiger partial charge in [0.25, 0.3) is 0 Å². The van der Waals surface area contributed by atoms with Gasteiger partial charge in [0.05, 0.1) is 40.0 Å². The van der Waals surface area contributed by atoms with Gasteiger partial charge in [-0.1, -0.05) is 32.0 Å². The maximum Gasteiger partial charge on any atom is 0.226 e. The Bertz CT molecular complexity index is 1770. The Labute approximate surface area is 210 Å². The van der Waals surface area contributed by atoms with E-state index in [2.05, 4.69) is 35.5 Å². The van der Waals surface area contributed by atoms with Gasteiger partial charge in [0, 0.05) is 41.2 Å².